The minimum absolute atomic E-state index is 0.111. The van der Waals surface area contributed by atoms with Gasteiger partial charge in [0.05, 0.1) is 17.3 Å². The maximum absolute atomic E-state index is 13.9. The predicted molar refractivity (Wildman–Crippen MR) is 105 cm³/mol. The summed E-state index contributed by atoms with van der Waals surface area (Å²) in [5, 5.41) is 0.495. The molecule has 0 spiro atoms. The zero-order valence-corrected chi connectivity index (χ0v) is 17.1. The van der Waals surface area contributed by atoms with Crippen molar-refractivity contribution >= 4 is 31.6 Å². The molecule has 0 N–H and O–H groups in total. The van der Waals surface area contributed by atoms with E-state index in [1.54, 1.807) is 7.11 Å². The first-order chi connectivity index (χ1) is 13.9. The number of thiazole rings is 1. The van der Waals surface area contributed by atoms with E-state index in [1.807, 2.05) is 18.2 Å². The molecule has 1 aliphatic rings. The van der Waals surface area contributed by atoms with Gasteiger partial charge in [0, 0.05) is 13.1 Å². The fourth-order valence-corrected chi connectivity index (χ4v) is 5.74. The number of nitrogens with zero attached hydrogens (tertiary/aromatic N) is 2. The summed E-state index contributed by atoms with van der Waals surface area (Å²) in [4.78, 5) is 3.53. The van der Waals surface area contributed by atoms with E-state index in [4.69, 9.17) is 9.47 Å². The largest absolute Gasteiger partial charge is 0.497 e. The molecule has 154 valence electrons. The Morgan fingerprint density at radius 2 is 1.83 bits per heavy atom. The molecule has 1 aliphatic heterocycles. The van der Waals surface area contributed by atoms with Crippen LogP contribution in [0.15, 0.2) is 41.3 Å². The third-order valence-corrected chi connectivity index (χ3v) is 7.62. The van der Waals surface area contributed by atoms with Crippen LogP contribution in [0.1, 0.15) is 12.8 Å². The van der Waals surface area contributed by atoms with Crippen LogP contribution >= 0.6 is 11.3 Å². The zero-order valence-electron chi connectivity index (χ0n) is 15.5. The number of ether oxygens (including phenoxy) is 2. The molecule has 29 heavy (non-hydrogen) atoms. The molecule has 0 amide bonds. The second-order valence-corrected chi connectivity index (χ2v) is 9.45. The number of hydrogen-bond acceptors (Lipinski definition) is 6. The second-order valence-electron chi connectivity index (χ2n) is 6.59. The lowest BCUT2D eigenvalue weighted by molar-refractivity contribution is 0.135. The maximum atomic E-state index is 13.9. The molecule has 0 atom stereocenters. The Hall–Kier alpha value is -2.30. The molecule has 6 nitrogen and oxygen atoms in total. The van der Waals surface area contributed by atoms with Gasteiger partial charge in [0.15, 0.2) is 4.90 Å². The van der Waals surface area contributed by atoms with Crippen molar-refractivity contribution in [1.82, 2.24) is 9.29 Å². The monoisotopic (exact) mass is 440 g/mol. The number of fused-ring (bicyclic) bond motifs is 1. The molecule has 0 aliphatic carbocycles. The number of aromatic nitrogens is 1. The number of methoxy groups -OCH3 is 1. The van der Waals surface area contributed by atoms with E-state index in [-0.39, 0.29) is 19.2 Å². The number of benzene rings is 2. The van der Waals surface area contributed by atoms with Gasteiger partial charge in [-0.3, -0.25) is 0 Å². The van der Waals surface area contributed by atoms with Crippen LogP contribution in [-0.2, 0) is 10.0 Å². The number of rotatable bonds is 5. The minimum atomic E-state index is -4.25. The van der Waals surface area contributed by atoms with Crippen LogP contribution in [0.2, 0.25) is 0 Å². The lowest BCUT2D eigenvalue weighted by Crippen LogP contribution is -2.42. The van der Waals surface area contributed by atoms with Crippen LogP contribution in [0, 0.1) is 11.6 Å². The van der Waals surface area contributed by atoms with Gasteiger partial charge in [0.1, 0.15) is 23.5 Å². The van der Waals surface area contributed by atoms with Crippen molar-refractivity contribution in [2.75, 3.05) is 20.2 Å². The summed E-state index contributed by atoms with van der Waals surface area (Å²) in [6, 6.07) is 8.55. The average molecular weight is 440 g/mol. The molecule has 0 saturated carbocycles. The summed E-state index contributed by atoms with van der Waals surface area (Å²) in [5.41, 5.74) is 0.792. The van der Waals surface area contributed by atoms with Gasteiger partial charge in [0.25, 0.3) is 5.19 Å². The second kappa shape index (κ2) is 7.85. The van der Waals surface area contributed by atoms with Crippen LogP contribution < -0.4 is 9.47 Å². The van der Waals surface area contributed by atoms with Crippen LogP contribution in [0.3, 0.4) is 0 Å². The molecule has 10 heteroatoms. The summed E-state index contributed by atoms with van der Waals surface area (Å²) in [6.45, 7) is 0.221. The van der Waals surface area contributed by atoms with Crippen LogP contribution in [0.25, 0.3) is 10.2 Å². The molecular weight excluding hydrogens is 422 g/mol. The first-order valence-corrected chi connectivity index (χ1v) is 11.2. The zero-order chi connectivity index (χ0) is 20.6. The van der Waals surface area contributed by atoms with E-state index >= 15 is 0 Å². The lowest BCUT2D eigenvalue weighted by atomic mass is 10.1. The standard InChI is InChI=1S/C19H18F2N2O4S2/c1-26-13-5-6-16-17(11-13)28-19(22-16)27-12-7-9-23(10-8-12)29(24,25)18-14(20)3-2-4-15(18)21/h2-6,11-12H,7-10H2,1H3. The first-order valence-electron chi connectivity index (χ1n) is 8.94. The molecule has 0 unspecified atom stereocenters. The predicted octanol–water partition coefficient (Wildman–Crippen LogP) is 3.82. The highest BCUT2D eigenvalue weighted by Gasteiger charge is 2.34. The molecule has 2 aromatic carbocycles. The molecule has 1 saturated heterocycles. The highest BCUT2D eigenvalue weighted by molar-refractivity contribution is 7.89. The van der Waals surface area contributed by atoms with Crippen molar-refractivity contribution in [3.05, 3.63) is 48.0 Å². The van der Waals surface area contributed by atoms with Crippen molar-refractivity contribution < 1.29 is 26.7 Å². The van der Waals surface area contributed by atoms with Gasteiger partial charge in [-0.15, -0.1) is 0 Å². The summed E-state index contributed by atoms with van der Waals surface area (Å²) < 4.78 is 66.3. The van der Waals surface area contributed by atoms with Gasteiger partial charge in [-0.05, 0) is 43.2 Å². The lowest BCUT2D eigenvalue weighted by Gasteiger charge is -2.30. The third-order valence-electron chi connectivity index (χ3n) is 4.76. The Morgan fingerprint density at radius 1 is 1.14 bits per heavy atom. The summed E-state index contributed by atoms with van der Waals surface area (Å²) >= 11 is 1.38. The van der Waals surface area contributed by atoms with Gasteiger partial charge in [0.2, 0.25) is 10.0 Å². The summed E-state index contributed by atoms with van der Waals surface area (Å²) in [7, 11) is -2.66. The topological polar surface area (TPSA) is 68.7 Å². The normalized spacial score (nSPS) is 16.2. The molecule has 0 bridgehead atoms. The van der Waals surface area contributed by atoms with E-state index in [0.29, 0.717) is 18.0 Å². The molecule has 1 fully saturated rings. The quantitative estimate of drug-likeness (QED) is 0.604. The smallest absolute Gasteiger partial charge is 0.274 e. The molecule has 3 aromatic rings. The SMILES string of the molecule is COc1ccc2nc(OC3CCN(S(=O)(=O)c4c(F)cccc4F)CC3)sc2c1. The number of hydrogen-bond donors (Lipinski definition) is 0. The highest BCUT2D eigenvalue weighted by Crippen LogP contribution is 2.33. The Bertz CT molecular complexity index is 1120. The van der Waals surface area contributed by atoms with E-state index in [2.05, 4.69) is 4.98 Å². The maximum Gasteiger partial charge on any atom is 0.274 e. The molecular formula is C19H18F2N2O4S2. The third kappa shape index (κ3) is 3.92. The van der Waals surface area contributed by atoms with Gasteiger partial charge in [-0.25, -0.2) is 22.2 Å². The Kier molecular flexibility index (Phi) is 5.41. The summed E-state index contributed by atoms with van der Waals surface area (Å²) in [5.74, 6) is -1.45. The van der Waals surface area contributed by atoms with Crippen molar-refractivity contribution in [2.45, 2.75) is 23.8 Å². The van der Waals surface area contributed by atoms with Crippen molar-refractivity contribution in [1.29, 1.82) is 0 Å². The number of sulfonamides is 1. The fourth-order valence-electron chi connectivity index (χ4n) is 3.25. The van der Waals surface area contributed by atoms with E-state index in [1.165, 1.54) is 11.3 Å². The number of piperidine rings is 1. The van der Waals surface area contributed by atoms with Crippen molar-refractivity contribution in [3.8, 4) is 10.9 Å². The fraction of sp³-hybridized carbons (Fsp3) is 0.316. The Labute approximate surface area is 170 Å². The summed E-state index contributed by atoms with van der Waals surface area (Å²) in [6.07, 6.45) is 0.567. The molecule has 0 radical (unpaired) electrons. The molecule has 2 heterocycles. The van der Waals surface area contributed by atoms with Crippen molar-refractivity contribution in [3.63, 3.8) is 0 Å². The van der Waals surface area contributed by atoms with Crippen LogP contribution in [0.4, 0.5) is 8.78 Å². The Balaban J connectivity index is 1.44. The minimum Gasteiger partial charge on any atom is -0.497 e. The van der Waals surface area contributed by atoms with E-state index in [0.717, 1.165) is 38.5 Å². The molecule has 1 aromatic heterocycles. The Morgan fingerprint density at radius 3 is 2.48 bits per heavy atom. The van der Waals surface area contributed by atoms with Crippen LogP contribution in [0.5, 0.6) is 10.9 Å². The van der Waals surface area contributed by atoms with E-state index in [9.17, 15) is 17.2 Å². The van der Waals surface area contributed by atoms with Crippen molar-refractivity contribution in [2.24, 2.45) is 0 Å². The van der Waals surface area contributed by atoms with E-state index < -0.39 is 26.6 Å². The van der Waals surface area contributed by atoms with Crippen LogP contribution in [-0.4, -0.2) is 44.0 Å². The van der Waals surface area contributed by atoms with Gasteiger partial charge < -0.3 is 9.47 Å². The number of halogens is 2. The van der Waals surface area contributed by atoms with Gasteiger partial charge >= 0.3 is 0 Å². The highest BCUT2D eigenvalue weighted by atomic mass is 32.2. The molecule has 4 rings (SSSR count). The average Bonchev–Trinajstić information content (AvgIpc) is 3.09. The first kappa shape index (κ1) is 20.0. The van der Waals surface area contributed by atoms with Gasteiger partial charge in [-0.2, -0.15) is 4.31 Å². The van der Waals surface area contributed by atoms with Gasteiger partial charge in [-0.1, -0.05) is 17.4 Å².